The molecule has 0 aromatic carbocycles. The lowest BCUT2D eigenvalue weighted by atomic mass is 10.1. The fourth-order valence-electron chi connectivity index (χ4n) is 12.5. The molecule has 1 aliphatic heterocycles. The molecule has 572 valence electrons. The maximum atomic E-state index is 13.3. The van der Waals surface area contributed by atoms with Gasteiger partial charge in [0.05, 0.1) is 37.3 Å². The van der Waals surface area contributed by atoms with E-state index in [9.17, 15) is 30.0 Å². The molecular formula is C88H152N4O8. The van der Waals surface area contributed by atoms with Crippen LogP contribution in [0.2, 0.25) is 0 Å². The van der Waals surface area contributed by atoms with Crippen LogP contribution < -0.4 is 0 Å². The van der Waals surface area contributed by atoms with Crippen LogP contribution >= 0.6 is 0 Å². The van der Waals surface area contributed by atoms with Crippen LogP contribution in [0.4, 0.5) is 0 Å². The van der Waals surface area contributed by atoms with Crippen LogP contribution in [0.1, 0.15) is 286 Å². The van der Waals surface area contributed by atoms with E-state index in [1.54, 1.807) is 0 Å². The van der Waals surface area contributed by atoms with Crippen molar-refractivity contribution in [3.63, 3.8) is 0 Å². The zero-order valence-electron chi connectivity index (χ0n) is 64.9. The first-order valence-electron chi connectivity index (χ1n) is 40.7. The van der Waals surface area contributed by atoms with Gasteiger partial charge in [0, 0.05) is 77.5 Å². The highest BCUT2D eigenvalue weighted by molar-refractivity contribution is 5.69. The van der Waals surface area contributed by atoms with Gasteiger partial charge >= 0.3 is 11.9 Å². The third-order valence-corrected chi connectivity index (χ3v) is 18.4. The molecule has 100 heavy (non-hydrogen) atoms. The Morgan fingerprint density at radius 1 is 0.340 bits per heavy atom. The van der Waals surface area contributed by atoms with Gasteiger partial charge in [0.15, 0.2) is 0 Å². The van der Waals surface area contributed by atoms with Crippen molar-refractivity contribution >= 4 is 11.9 Å². The summed E-state index contributed by atoms with van der Waals surface area (Å²) in [5, 5.41) is 44.9. The van der Waals surface area contributed by atoms with Gasteiger partial charge in [-0.05, 0) is 168 Å². The molecule has 12 nitrogen and oxygen atoms in total. The highest BCUT2D eigenvalue weighted by atomic mass is 16.5. The molecule has 0 radical (unpaired) electrons. The van der Waals surface area contributed by atoms with Crippen molar-refractivity contribution in [1.29, 1.82) is 0 Å². The van der Waals surface area contributed by atoms with Crippen LogP contribution in [0, 0.1) is 0 Å². The number of ether oxygens (including phenoxy) is 2. The smallest absolute Gasteiger partial charge is 0.307 e. The minimum absolute atomic E-state index is 0.198. The maximum absolute atomic E-state index is 13.3. The predicted molar refractivity (Wildman–Crippen MR) is 429 cm³/mol. The third-order valence-electron chi connectivity index (χ3n) is 18.4. The fraction of sp³-hybridized carbons (Fsp3) is 0.705. The number of aliphatic hydroxyl groups excluding tert-OH is 4. The molecule has 4 N–H and O–H groups in total. The van der Waals surface area contributed by atoms with Gasteiger partial charge in [-0.25, -0.2) is 0 Å². The summed E-state index contributed by atoms with van der Waals surface area (Å²) in [6.07, 6.45) is 88.4. The zero-order valence-corrected chi connectivity index (χ0v) is 64.9. The van der Waals surface area contributed by atoms with E-state index >= 15 is 0 Å². The minimum atomic E-state index is -0.527. The Morgan fingerprint density at radius 2 is 0.560 bits per heavy atom. The monoisotopic (exact) mass is 1390 g/mol. The van der Waals surface area contributed by atoms with E-state index in [1.807, 2.05) is 0 Å². The summed E-state index contributed by atoms with van der Waals surface area (Å²) in [7, 11) is 0. The van der Waals surface area contributed by atoms with E-state index in [-0.39, 0.29) is 36.9 Å². The van der Waals surface area contributed by atoms with E-state index in [0.29, 0.717) is 91.3 Å². The number of unbranched alkanes of at least 4 members (excludes halogenated alkanes) is 16. The summed E-state index contributed by atoms with van der Waals surface area (Å²) in [6, 6.07) is 0.428. The Bertz CT molecular complexity index is 1980. The lowest BCUT2D eigenvalue weighted by Crippen LogP contribution is -2.57. The first-order chi connectivity index (χ1) is 48.9. The topological polar surface area (TPSA) is 146 Å². The van der Waals surface area contributed by atoms with E-state index in [0.717, 1.165) is 219 Å². The first-order valence-corrected chi connectivity index (χ1v) is 40.7. The molecule has 0 aromatic heterocycles. The second-order valence-electron chi connectivity index (χ2n) is 27.9. The first kappa shape index (κ1) is 93.5. The molecule has 0 bridgehead atoms. The van der Waals surface area contributed by atoms with Crippen molar-refractivity contribution in [2.75, 3.05) is 78.7 Å². The largest absolute Gasteiger partial charge is 0.464 e. The van der Waals surface area contributed by atoms with E-state index in [1.165, 1.54) is 0 Å². The van der Waals surface area contributed by atoms with Crippen molar-refractivity contribution in [2.45, 2.75) is 322 Å². The Morgan fingerprint density at radius 3 is 0.800 bits per heavy atom. The molecule has 1 heterocycles. The molecule has 1 aliphatic rings. The number of carbonyl (C=O) groups is 2. The molecule has 1 rings (SSSR count). The van der Waals surface area contributed by atoms with Crippen molar-refractivity contribution in [2.24, 2.45) is 0 Å². The van der Waals surface area contributed by atoms with E-state index in [4.69, 9.17) is 9.47 Å². The van der Waals surface area contributed by atoms with Crippen LogP contribution in [0.3, 0.4) is 0 Å². The Labute approximate surface area is 614 Å². The zero-order chi connectivity index (χ0) is 72.7. The summed E-state index contributed by atoms with van der Waals surface area (Å²) in [5.41, 5.74) is 0. The van der Waals surface area contributed by atoms with E-state index < -0.39 is 24.4 Å². The molecule has 6 atom stereocenters. The molecule has 0 amide bonds. The minimum Gasteiger partial charge on any atom is -0.464 e. The molecule has 0 saturated carbocycles. The van der Waals surface area contributed by atoms with Gasteiger partial charge in [0.1, 0.15) is 13.2 Å². The average Bonchev–Trinajstić information content (AvgIpc) is 0.850. The van der Waals surface area contributed by atoms with Crippen LogP contribution in [-0.4, -0.2) is 167 Å². The average molecular weight is 1390 g/mol. The normalized spacial score (nSPS) is 16.9. The van der Waals surface area contributed by atoms with Crippen LogP contribution in [0.25, 0.3) is 0 Å². The number of piperazine rings is 1. The number of esters is 2. The summed E-state index contributed by atoms with van der Waals surface area (Å²) in [6.45, 7) is 19.0. The summed E-state index contributed by atoms with van der Waals surface area (Å²) in [5.74, 6) is -0.527. The third kappa shape index (κ3) is 62.1. The lowest BCUT2D eigenvalue weighted by Gasteiger charge is -2.44. The molecule has 6 unspecified atom stereocenters. The van der Waals surface area contributed by atoms with Gasteiger partial charge in [-0.1, -0.05) is 251 Å². The molecule has 0 aromatic rings. The van der Waals surface area contributed by atoms with Gasteiger partial charge in [-0.3, -0.25) is 29.2 Å². The second-order valence-corrected chi connectivity index (χ2v) is 27.9. The molecule has 0 spiro atoms. The maximum Gasteiger partial charge on any atom is 0.307 e. The number of hydrogen-bond donors (Lipinski definition) is 4. The number of allylic oxidation sites excluding steroid dienone is 24. The lowest BCUT2D eigenvalue weighted by molar-refractivity contribution is -0.146. The van der Waals surface area contributed by atoms with Crippen molar-refractivity contribution < 1.29 is 39.5 Å². The highest BCUT2D eigenvalue weighted by Gasteiger charge is 2.29. The Hall–Kier alpha value is -4.50. The summed E-state index contributed by atoms with van der Waals surface area (Å²) >= 11 is 0. The fourth-order valence-corrected chi connectivity index (χ4v) is 12.5. The molecule has 1 saturated heterocycles. The SMILES string of the molecule is CC/C=C\C/C=C\C/C=C\CCCCCCC(O)CN(CCC(=O)OCCN1CC(C)N(CCOC(=O)CCN(CC(O)CCCCCC/C=C\C/C=C\C/C=C\CC)CC(O)CCCCCC/C=C\C/C=C\C/C=C\CC)CC1C)CC(O)CCCCCC/C=C\C/C=C\C/C=C\CC. The summed E-state index contributed by atoms with van der Waals surface area (Å²) in [4.78, 5) is 35.5. The molecule has 12 heteroatoms. The molecular weight excluding hydrogens is 1240 g/mol. The number of rotatable bonds is 68. The van der Waals surface area contributed by atoms with Gasteiger partial charge in [-0.2, -0.15) is 0 Å². The standard InChI is InChI=1S/C88H152N4O8/c1-7-11-15-19-23-27-31-35-39-43-47-51-55-59-63-83(93)77-89(78-84(94)64-60-56-52-48-44-40-36-32-28-24-20-16-12-8-2)69-67-87(97)99-73-71-91-75-82(6)92(76-81(91)5)72-74-100-88(98)68-70-90(79-85(95)65-61-57-53-49-45-41-37-33-29-25-21-17-13-9-3)80-86(96)66-62-58-54-50-46-42-38-34-30-26-22-18-14-10-4/h11-18,23-30,35-42,81-86,93-96H,7-10,19-22,31-34,43-80H2,1-6H3/b15-11-,16-12-,17-13-,18-14-,27-23-,28-24-,29-25-,30-26-,39-35-,40-36-,41-37-,42-38-. The number of aliphatic hydroxyl groups is 4. The van der Waals surface area contributed by atoms with Crippen molar-refractivity contribution in [1.82, 2.24) is 19.6 Å². The predicted octanol–water partition coefficient (Wildman–Crippen LogP) is 20.1. The second kappa shape index (κ2) is 71.5. The van der Waals surface area contributed by atoms with Gasteiger partial charge in [0.25, 0.3) is 0 Å². The van der Waals surface area contributed by atoms with E-state index in [2.05, 4.69) is 207 Å². The molecule has 1 fully saturated rings. The van der Waals surface area contributed by atoms with Crippen molar-refractivity contribution in [3.8, 4) is 0 Å². The summed E-state index contributed by atoms with van der Waals surface area (Å²) < 4.78 is 11.7. The van der Waals surface area contributed by atoms with Crippen molar-refractivity contribution in [3.05, 3.63) is 146 Å². The van der Waals surface area contributed by atoms with Crippen LogP contribution in [0.5, 0.6) is 0 Å². The number of carbonyl (C=O) groups excluding carboxylic acids is 2. The van der Waals surface area contributed by atoms with Gasteiger partial charge in [-0.15, -0.1) is 0 Å². The van der Waals surface area contributed by atoms with Gasteiger partial charge < -0.3 is 29.9 Å². The Kier molecular flexibility index (Phi) is 66.8. The number of hydrogen-bond acceptors (Lipinski definition) is 12. The Balaban J connectivity index is 2.68. The van der Waals surface area contributed by atoms with Crippen LogP contribution in [0.15, 0.2) is 146 Å². The highest BCUT2D eigenvalue weighted by Crippen LogP contribution is 2.18. The van der Waals surface area contributed by atoms with Crippen LogP contribution in [-0.2, 0) is 19.1 Å². The molecule has 0 aliphatic carbocycles. The quantitative estimate of drug-likeness (QED) is 0.0261. The van der Waals surface area contributed by atoms with Gasteiger partial charge in [0.2, 0.25) is 0 Å². The number of nitrogens with zero attached hydrogens (tertiary/aromatic N) is 4.